The molecule has 1 rings (SSSR count). The smallest absolute Gasteiger partial charge is 0.188 e. The van der Waals surface area contributed by atoms with Gasteiger partial charge in [0.2, 0.25) is 0 Å². The number of aliphatic imine (C=N–C) groups is 1. The van der Waals surface area contributed by atoms with E-state index in [-0.39, 0.29) is 24.0 Å². The van der Waals surface area contributed by atoms with E-state index in [1.54, 1.807) is 0 Å². The van der Waals surface area contributed by atoms with Crippen molar-refractivity contribution < 1.29 is 0 Å². The SMILES string of the molecule is CCCN(CCC)CCCN=C(N)NCCc1ccccc1.I. The van der Waals surface area contributed by atoms with Crippen molar-refractivity contribution in [2.24, 2.45) is 10.7 Å². The van der Waals surface area contributed by atoms with Crippen LogP contribution < -0.4 is 11.1 Å². The third-order valence-corrected chi connectivity index (χ3v) is 3.56. The number of halogens is 1. The Bertz CT molecular complexity index is 403. The second-order valence-corrected chi connectivity index (χ2v) is 5.62. The van der Waals surface area contributed by atoms with Gasteiger partial charge in [-0.25, -0.2) is 0 Å². The molecular weight excluding hydrogens is 399 g/mol. The van der Waals surface area contributed by atoms with Crippen LogP contribution >= 0.6 is 24.0 Å². The van der Waals surface area contributed by atoms with Gasteiger partial charge in [0.25, 0.3) is 0 Å². The first-order valence-corrected chi connectivity index (χ1v) is 8.56. The molecule has 0 aliphatic rings. The second-order valence-electron chi connectivity index (χ2n) is 5.62. The van der Waals surface area contributed by atoms with Crippen LogP contribution in [0.15, 0.2) is 35.3 Å². The normalized spacial score (nSPS) is 11.3. The van der Waals surface area contributed by atoms with Gasteiger partial charge in [-0.2, -0.15) is 0 Å². The van der Waals surface area contributed by atoms with Crippen molar-refractivity contribution in [3.63, 3.8) is 0 Å². The molecule has 0 atom stereocenters. The zero-order valence-corrected chi connectivity index (χ0v) is 17.0. The number of hydrogen-bond donors (Lipinski definition) is 2. The van der Waals surface area contributed by atoms with Gasteiger partial charge in [-0.3, -0.25) is 4.99 Å². The van der Waals surface area contributed by atoms with E-state index in [4.69, 9.17) is 5.73 Å². The van der Waals surface area contributed by atoms with E-state index >= 15 is 0 Å². The van der Waals surface area contributed by atoms with E-state index in [2.05, 4.69) is 53.3 Å². The predicted octanol–water partition coefficient (Wildman–Crippen LogP) is 3.26. The van der Waals surface area contributed by atoms with E-state index < -0.39 is 0 Å². The first-order valence-electron chi connectivity index (χ1n) is 8.56. The van der Waals surface area contributed by atoms with Gasteiger partial charge in [-0.05, 0) is 50.9 Å². The maximum atomic E-state index is 5.90. The van der Waals surface area contributed by atoms with Crippen LogP contribution in [-0.4, -0.2) is 43.6 Å². The topological polar surface area (TPSA) is 53.6 Å². The van der Waals surface area contributed by atoms with Crippen LogP contribution in [0.4, 0.5) is 0 Å². The molecule has 0 saturated carbocycles. The molecule has 0 aromatic heterocycles. The van der Waals surface area contributed by atoms with Gasteiger partial charge in [-0.1, -0.05) is 44.2 Å². The first kappa shape index (κ1) is 22.2. The summed E-state index contributed by atoms with van der Waals surface area (Å²) in [5, 5.41) is 3.18. The first-order chi connectivity index (χ1) is 10.8. The Labute approximate surface area is 158 Å². The molecule has 0 fully saturated rings. The number of guanidine groups is 1. The van der Waals surface area contributed by atoms with Crippen LogP contribution in [0.2, 0.25) is 0 Å². The molecule has 1 aromatic rings. The van der Waals surface area contributed by atoms with Crippen LogP contribution in [0.5, 0.6) is 0 Å². The molecule has 0 aliphatic heterocycles. The van der Waals surface area contributed by atoms with Crippen LogP contribution in [0, 0.1) is 0 Å². The molecule has 0 bridgehead atoms. The molecule has 4 nitrogen and oxygen atoms in total. The molecule has 3 N–H and O–H groups in total. The summed E-state index contributed by atoms with van der Waals surface area (Å²) < 4.78 is 0. The zero-order chi connectivity index (χ0) is 16.0. The lowest BCUT2D eigenvalue weighted by Crippen LogP contribution is -2.33. The fourth-order valence-electron chi connectivity index (χ4n) is 2.50. The van der Waals surface area contributed by atoms with Gasteiger partial charge in [0.05, 0.1) is 0 Å². The molecule has 1 aromatic carbocycles. The molecule has 23 heavy (non-hydrogen) atoms. The minimum Gasteiger partial charge on any atom is -0.370 e. The fourth-order valence-corrected chi connectivity index (χ4v) is 2.50. The van der Waals surface area contributed by atoms with Crippen molar-refractivity contribution in [2.75, 3.05) is 32.7 Å². The summed E-state index contributed by atoms with van der Waals surface area (Å²) in [6.45, 7) is 9.57. The van der Waals surface area contributed by atoms with Crippen LogP contribution in [0.1, 0.15) is 38.7 Å². The Morgan fingerprint density at radius 3 is 2.35 bits per heavy atom. The Kier molecular flexibility index (Phi) is 14.2. The summed E-state index contributed by atoms with van der Waals surface area (Å²) in [4.78, 5) is 6.91. The summed E-state index contributed by atoms with van der Waals surface area (Å²) >= 11 is 0. The highest BCUT2D eigenvalue weighted by atomic mass is 127. The molecule has 0 aliphatic carbocycles. The molecule has 0 heterocycles. The predicted molar refractivity (Wildman–Crippen MR) is 112 cm³/mol. The molecular formula is C18H33IN4. The average Bonchev–Trinajstić information content (AvgIpc) is 2.53. The van der Waals surface area contributed by atoms with Gasteiger partial charge in [0, 0.05) is 13.1 Å². The Morgan fingerprint density at radius 1 is 1.09 bits per heavy atom. The second kappa shape index (κ2) is 14.8. The fraction of sp³-hybridized carbons (Fsp3) is 0.611. The molecule has 0 spiro atoms. The minimum atomic E-state index is 0. The third kappa shape index (κ3) is 11.4. The number of benzene rings is 1. The van der Waals surface area contributed by atoms with Gasteiger partial charge < -0.3 is 16.0 Å². The Morgan fingerprint density at radius 2 is 1.74 bits per heavy atom. The maximum absolute atomic E-state index is 5.90. The van der Waals surface area contributed by atoms with E-state index in [1.165, 1.54) is 31.5 Å². The standard InChI is InChI=1S/C18H32N4.HI/c1-3-14-22(15-4-2)16-8-12-20-18(19)21-13-11-17-9-6-5-7-10-17;/h5-7,9-10H,3-4,8,11-16H2,1-2H3,(H3,19,20,21);1H. The van der Waals surface area contributed by atoms with E-state index in [0.29, 0.717) is 5.96 Å². The summed E-state index contributed by atoms with van der Waals surface area (Å²) in [5.41, 5.74) is 7.21. The summed E-state index contributed by atoms with van der Waals surface area (Å²) in [6, 6.07) is 10.4. The molecule has 0 saturated heterocycles. The van der Waals surface area contributed by atoms with Gasteiger partial charge in [0.15, 0.2) is 5.96 Å². The van der Waals surface area contributed by atoms with Crippen molar-refractivity contribution in [3.8, 4) is 0 Å². The highest BCUT2D eigenvalue weighted by Crippen LogP contribution is 1.98. The van der Waals surface area contributed by atoms with E-state index in [0.717, 1.165) is 32.5 Å². The van der Waals surface area contributed by atoms with E-state index in [1.807, 2.05) is 6.07 Å². The number of nitrogens with zero attached hydrogens (tertiary/aromatic N) is 2. The van der Waals surface area contributed by atoms with Crippen molar-refractivity contribution in [2.45, 2.75) is 39.5 Å². The molecule has 132 valence electrons. The van der Waals surface area contributed by atoms with Crippen LogP contribution in [-0.2, 0) is 6.42 Å². The lowest BCUT2D eigenvalue weighted by Gasteiger charge is -2.20. The minimum absolute atomic E-state index is 0. The third-order valence-electron chi connectivity index (χ3n) is 3.56. The molecule has 5 heteroatoms. The van der Waals surface area contributed by atoms with E-state index in [9.17, 15) is 0 Å². The molecule has 0 radical (unpaired) electrons. The van der Waals surface area contributed by atoms with Crippen molar-refractivity contribution >= 4 is 29.9 Å². The summed E-state index contributed by atoms with van der Waals surface area (Å²) in [7, 11) is 0. The lowest BCUT2D eigenvalue weighted by atomic mass is 10.1. The number of hydrogen-bond acceptors (Lipinski definition) is 2. The van der Waals surface area contributed by atoms with Gasteiger partial charge in [-0.15, -0.1) is 24.0 Å². The highest BCUT2D eigenvalue weighted by molar-refractivity contribution is 14.0. The van der Waals surface area contributed by atoms with Crippen molar-refractivity contribution in [3.05, 3.63) is 35.9 Å². The van der Waals surface area contributed by atoms with Crippen molar-refractivity contribution in [1.82, 2.24) is 10.2 Å². The number of nitrogens with two attached hydrogens (primary N) is 1. The Hall–Kier alpha value is -0.820. The van der Waals surface area contributed by atoms with Crippen LogP contribution in [0.3, 0.4) is 0 Å². The number of rotatable bonds is 11. The zero-order valence-electron chi connectivity index (χ0n) is 14.6. The quantitative estimate of drug-likeness (QED) is 0.244. The highest BCUT2D eigenvalue weighted by Gasteiger charge is 2.01. The monoisotopic (exact) mass is 432 g/mol. The van der Waals surface area contributed by atoms with Gasteiger partial charge in [0.1, 0.15) is 0 Å². The molecule has 0 unspecified atom stereocenters. The Balaban J connectivity index is 0.00000484. The largest absolute Gasteiger partial charge is 0.370 e. The average molecular weight is 432 g/mol. The van der Waals surface area contributed by atoms with Crippen molar-refractivity contribution in [1.29, 1.82) is 0 Å². The molecule has 0 amide bonds. The summed E-state index contributed by atoms with van der Waals surface area (Å²) in [5.74, 6) is 0.563. The number of nitrogens with one attached hydrogen (secondary N) is 1. The maximum Gasteiger partial charge on any atom is 0.188 e. The summed E-state index contributed by atoms with van der Waals surface area (Å²) in [6.07, 6.45) is 4.47. The van der Waals surface area contributed by atoms with Crippen LogP contribution in [0.25, 0.3) is 0 Å². The lowest BCUT2D eigenvalue weighted by molar-refractivity contribution is 0.273. The van der Waals surface area contributed by atoms with Gasteiger partial charge >= 0.3 is 0 Å².